The average molecular weight is 271 g/mol. The topological polar surface area (TPSA) is 42.7 Å². The average Bonchev–Trinajstić information content (AvgIpc) is 2.84. The minimum atomic E-state index is 0.0613. The summed E-state index contributed by atoms with van der Waals surface area (Å²) in [6.45, 7) is 4.94. The van der Waals surface area contributed by atoms with Gasteiger partial charge >= 0.3 is 0 Å². The summed E-state index contributed by atoms with van der Waals surface area (Å²) in [6.07, 6.45) is 3.58. The van der Waals surface area contributed by atoms with Gasteiger partial charge in [-0.2, -0.15) is 5.10 Å². The van der Waals surface area contributed by atoms with E-state index in [-0.39, 0.29) is 6.04 Å². The maximum atomic E-state index is 6.19. The number of rotatable bonds is 4. The van der Waals surface area contributed by atoms with Crippen LogP contribution in [0.15, 0.2) is 12.4 Å². The minimum absolute atomic E-state index is 0.0613. The van der Waals surface area contributed by atoms with Gasteiger partial charge in [0, 0.05) is 18.1 Å². The monoisotopic (exact) mass is 270 g/mol. The third-order valence-electron chi connectivity index (χ3n) is 2.54. The molecule has 2 rings (SSSR count). The quantitative estimate of drug-likeness (QED) is 0.928. The Morgan fingerprint density at radius 3 is 2.76 bits per heavy atom. The van der Waals surface area contributed by atoms with Crippen LogP contribution < -0.4 is 5.32 Å². The van der Waals surface area contributed by atoms with Gasteiger partial charge in [-0.3, -0.25) is 4.68 Å². The van der Waals surface area contributed by atoms with E-state index >= 15 is 0 Å². The molecule has 2 heterocycles. The maximum absolute atomic E-state index is 6.19. The minimum Gasteiger partial charge on any atom is -0.304 e. The second kappa shape index (κ2) is 5.16. The zero-order valence-corrected chi connectivity index (χ0v) is 11.6. The van der Waals surface area contributed by atoms with Crippen molar-refractivity contribution < 1.29 is 0 Å². The first-order chi connectivity index (χ1) is 8.13. The Kier molecular flexibility index (Phi) is 3.81. The van der Waals surface area contributed by atoms with Gasteiger partial charge in [-0.05, 0) is 13.5 Å². The first-order valence-corrected chi connectivity index (χ1v) is 6.66. The van der Waals surface area contributed by atoms with E-state index in [2.05, 4.69) is 22.3 Å². The highest BCUT2D eigenvalue weighted by molar-refractivity contribution is 7.11. The highest BCUT2D eigenvalue weighted by atomic mass is 35.5. The summed E-state index contributed by atoms with van der Waals surface area (Å²) < 4.78 is 1.81. The van der Waals surface area contributed by atoms with Crippen LogP contribution in [0.5, 0.6) is 0 Å². The molecular weight excluding hydrogens is 256 g/mol. The Morgan fingerprint density at radius 1 is 1.53 bits per heavy atom. The molecule has 0 aliphatic carbocycles. The Bertz CT molecular complexity index is 486. The number of halogens is 1. The van der Waals surface area contributed by atoms with E-state index in [1.165, 1.54) is 0 Å². The first-order valence-electron chi connectivity index (χ1n) is 5.46. The van der Waals surface area contributed by atoms with E-state index in [4.69, 9.17) is 11.6 Å². The van der Waals surface area contributed by atoms with Gasteiger partial charge in [0.05, 0.1) is 28.0 Å². The van der Waals surface area contributed by atoms with Crippen molar-refractivity contribution in [3.8, 4) is 0 Å². The molecule has 2 aromatic rings. The summed E-state index contributed by atoms with van der Waals surface area (Å²) in [5.74, 6) is 0. The molecule has 4 nitrogen and oxygen atoms in total. The van der Waals surface area contributed by atoms with Crippen molar-refractivity contribution in [3.63, 3.8) is 0 Å². The Hall–Kier alpha value is -0.910. The van der Waals surface area contributed by atoms with Crippen LogP contribution in [-0.4, -0.2) is 21.3 Å². The summed E-state index contributed by atoms with van der Waals surface area (Å²) in [4.78, 5) is 5.46. The Morgan fingerprint density at radius 2 is 2.29 bits per heavy atom. The van der Waals surface area contributed by atoms with Crippen molar-refractivity contribution in [3.05, 3.63) is 33.0 Å². The number of thiazole rings is 1. The van der Waals surface area contributed by atoms with Gasteiger partial charge in [-0.1, -0.05) is 18.5 Å². The molecule has 6 heteroatoms. The second-order valence-corrected chi connectivity index (χ2v) is 5.45. The molecule has 0 fully saturated rings. The van der Waals surface area contributed by atoms with Gasteiger partial charge in [0.1, 0.15) is 0 Å². The number of aromatic nitrogens is 3. The van der Waals surface area contributed by atoms with Crippen molar-refractivity contribution in [2.75, 3.05) is 6.54 Å². The molecule has 0 aliphatic heterocycles. The molecule has 0 amide bonds. The molecular formula is C11H15ClN4S. The molecule has 0 aliphatic rings. The molecule has 17 heavy (non-hydrogen) atoms. The standard InChI is InChI=1S/C11H15ClN4S/c1-4-13-10(9-6-14-7(2)17-9)11-8(12)5-15-16(11)3/h5-6,10,13H,4H2,1-3H3. The lowest BCUT2D eigenvalue weighted by Crippen LogP contribution is -2.23. The predicted molar refractivity (Wildman–Crippen MR) is 70.6 cm³/mol. The summed E-state index contributed by atoms with van der Waals surface area (Å²) in [5, 5.41) is 9.34. The first kappa shape index (κ1) is 12.5. The molecule has 0 aromatic carbocycles. The lowest BCUT2D eigenvalue weighted by Gasteiger charge is -2.16. The van der Waals surface area contributed by atoms with Crippen molar-refractivity contribution in [1.29, 1.82) is 0 Å². The van der Waals surface area contributed by atoms with Crippen LogP contribution in [0.4, 0.5) is 0 Å². The van der Waals surface area contributed by atoms with Gasteiger partial charge in [-0.15, -0.1) is 11.3 Å². The second-order valence-electron chi connectivity index (χ2n) is 3.77. The fourth-order valence-electron chi connectivity index (χ4n) is 1.79. The molecule has 0 spiro atoms. The van der Waals surface area contributed by atoms with Gasteiger partial charge in [0.2, 0.25) is 0 Å². The van der Waals surface area contributed by atoms with E-state index in [9.17, 15) is 0 Å². The SMILES string of the molecule is CCNC(c1cnc(C)s1)c1c(Cl)cnn1C. The summed E-state index contributed by atoms with van der Waals surface area (Å²) in [7, 11) is 1.90. The molecule has 0 radical (unpaired) electrons. The summed E-state index contributed by atoms with van der Waals surface area (Å²) in [5.41, 5.74) is 0.983. The maximum Gasteiger partial charge on any atom is 0.0897 e. The van der Waals surface area contributed by atoms with Crippen LogP contribution in [0.3, 0.4) is 0 Å². The van der Waals surface area contributed by atoms with Gasteiger partial charge < -0.3 is 5.32 Å². The largest absolute Gasteiger partial charge is 0.304 e. The smallest absolute Gasteiger partial charge is 0.0897 e. The molecule has 0 saturated carbocycles. The van der Waals surface area contributed by atoms with E-state index in [0.717, 1.165) is 22.1 Å². The number of nitrogens with one attached hydrogen (secondary N) is 1. The fraction of sp³-hybridized carbons (Fsp3) is 0.455. The van der Waals surface area contributed by atoms with Crippen molar-refractivity contribution >= 4 is 22.9 Å². The summed E-state index contributed by atoms with van der Waals surface area (Å²) in [6, 6.07) is 0.0613. The third-order valence-corrected chi connectivity index (χ3v) is 3.81. The number of hydrogen-bond donors (Lipinski definition) is 1. The lowest BCUT2D eigenvalue weighted by molar-refractivity contribution is 0.579. The van der Waals surface area contributed by atoms with Crippen LogP contribution in [0.25, 0.3) is 0 Å². The van der Waals surface area contributed by atoms with Crippen molar-refractivity contribution in [2.24, 2.45) is 7.05 Å². The predicted octanol–water partition coefficient (Wildman–Crippen LogP) is 2.54. The van der Waals surface area contributed by atoms with Gasteiger partial charge in [0.25, 0.3) is 0 Å². The zero-order chi connectivity index (χ0) is 12.4. The third kappa shape index (κ3) is 2.51. The van der Waals surface area contributed by atoms with Gasteiger partial charge in [0.15, 0.2) is 0 Å². The van der Waals surface area contributed by atoms with E-state index < -0.39 is 0 Å². The van der Waals surface area contributed by atoms with E-state index in [1.54, 1.807) is 17.5 Å². The van der Waals surface area contributed by atoms with Crippen molar-refractivity contribution in [2.45, 2.75) is 19.9 Å². The van der Waals surface area contributed by atoms with Crippen molar-refractivity contribution in [1.82, 2.24) is 20.1 Å². The van der Waals surface area contributed by atoms with Crippen LogP contribution in [0, 0.1) is 6.92 Å². The Labute approximate surface area is 110 Å². The molecule has 0 saturated heterocycles. The molecule has 1 unspecified atom stereocenters. The number of nitrogens with zero attached hydrogens (tertiary/aromatic N) is 3. The zero-order valence-electron chi connectivity index (χ0n) is 10.1. The van der Waals surface area contributed by atoms with Crippen LogP contribution in [0.2, 0.25) is 5.02 Å². The van der Waals surface area contributed by atoms with Crippen LogP contribution in [0.1, 0.15) is 28.5 Å². The molecule has 2 aromatic heterocycles. The number of hydrogen-bond acceptors (Lipinski definition) is 4. The van der Waals surface area contributed by atoms with Crippen LogP contribution in [-0.2, 0) is 7.05 Å². The molecule has 1 N–H and O–H groups in total. The Balaban J connectivity index is 2.42. The van der Waals surface area contributed by atoms with E-state index in [0.29, 0.717) is 5.02 Å². The summed E-state index contributed by atoms with van der Waals surface area (Å²) >= 11 is 7.87. The van der Waals surface area contributed by atoms with E-state index in [1.807, 2.05) is 24.9 Å². The molecule has 0 bridgehead atoms. The normalized spacial score (nSPS) is 12.9. The fourth-order valence-corrected chi connectivity index (χ4v) is 2.93. The molecule has 1 atom stereocenters. The van der Waals surface area contributed by atoms with Crippen LogP contribution >= 0.6 is 22.9 Å². The highest BCUT2D eigenvalue weighted by Crippen LogP contribution is 2.30. The lowest BCUT2D eigenvalue weighted by atomic mass is 10.2. The highest BCUT2D eigenvalue weighted by Gasteiger charge is 2.21. The van der Waals surface area contributed by atoms with Gasteiger partial charge in [-0.25, -0.2) is 4.98 Å². The number of aryl methyl sites for hydroxylation is 2. The molecule has 92 valence electrons.